The number of piperidine rings is 1. The van der Waals surface area contributed by atoms with E-state index in [2.05, 4.69) is 5.32 Å². The Balaban J connectivity index is 1.71. The summed E-state index contributed by atoms with van der Waals surface area (Å²) < 4.78 is 5.24. The molecule has 0 saturated carbocycles. The molecule has 2 aromatic rings. The van der Waals surface area contributed by atoms with E-state index in [4.69, 9.17) is 4.74 Å². The van der Waals surface area contributed by atoms with Gasteiger partial charge in [0.25, 0.3) is 5.91 Å². The number of benzene rings is 1. The number of ether oxygens (including phenoxy) is 1. The molecule has 1 aliphatic heterocycles. The van der Waals surface area contributed by atoms with Crippen LogP contribution in [0.2, 0.25) is 0 Å². The first-order valence-electron chi connectivity index (χ1n) is 9.09. The van der Waals surface area contributed by atoms with E-state index in [1.54, 1.807) is 7.11 Å². The van der Waals surface area contributed by atoms with Crippen LogP contribution in [-0.2, 0) is 0 Å². The Morgan fingerprint density at radius 2 is 1.93 bits per heavy atom. The molecule has 1 aromatic heterocycles. The summed E-state index contributed by atoms with van der Waals surface area (Å²) in [7, 11) is 1.64. The average Bonchev–Trinajstić information content (AvgIpc) is 3.20. The predicted octanol–water partition coefficient (Wildman–Crippen LogP) is 2.20. The predicted molar refractivity (Wildman–Crippen MR) is 104 cm³/mol. The summed E-state index contributed by atoms with van der Waals surface area (Å²) in [5, 5.41) is 13.8. The summed E-state index contributed by atoms with van der Waals surface area (Å²) >= 11 is 0.903. The smallest absolute Gasteiger partial charge is 0.324 e. The van der Waals surface area contributed by atoms with Gasteiger partial charge in [0.05, 0.1) is 36.5 Å². The quantitative estimate of drug-likeness (QED) is 0.561. The Labute approximate surface area is 162 Å². The number of carbonyl (C=O) groups is 1. The lowest BCUT2D eigenvalue weighted by atomic mass is 10.0. The second-order valence-corrected chi connectivity index (χ2v) is 7.71. The SMILES string of the molecule is COc1ccc([C@H](CNC(=O)c2ccc([N+](=O)[O-])s2)[NH+]2CCCCC2)cc1. The third-order valence-electron chi connectivity index (χ3n) is 4.97. The molecule has 2 heterocycles. The highest BCUT2D eigenvalue weighted by atomic mass is 32.1. The minimum atomic E-state index is -0.473. The van der Waals surface area contributed by atoms with Crippen molar-refractivity contribution in [3.8, 4) is 5.75 Å². The largest absolute Gasteiger partial charge is 0.497 e. The van der Waals surface area contributed by atoms with Gasteiger partial charge in [0.2, 0.25) is 0 Å². The van der Waals surface area contributed by atoms with Crippen LogP contribution in [0.15, 0.2) is 36.4 Å². The van der Waals surface area contributed by atoms with E-state index in [0.717, 1.165) is 35.7 Å². The number of rotatable bonds is 7. The molecule has 27 heavy (non-hydrogen) atoms. The van der Waals surface area contributed by atoms with Crippen LogP contribution >= 0.6 is 11.3 Å². The maximum absolute atomic E-state index is 12.4. The van der Waals surface area contributed by atoms with Gasteiger partial charge in [-0.3, -0.25) is 14.9 Å². The molecule has 0 aliphatic carbocycles. The van der Waals surface area contributed by atoms with Crippen molar-refractivity contribution >= 4 is 22.2 Å². The number of amides is 1. The van der Waals surface area contributed by atoms with Gasteiger partial charge in [0.1, 0.15) is 11.8 Å². The van der Waals surface area contributed by atoms with Gasteiger partial charge < -0.3 is 15.0 Å². The number of likely N-dealkylation sites (tertiary alicyclic amines) is 1. The second kappa shape index (κ2) is 8.96. The summed E-state index contributed by atoms with van der Waals surface area (Å²) in [5.41, 5.74) is 1.16. The van der Waals surface area contributed by atoms with E-state index in [9.17, 15) is 14.9 Å². The van der Waals surface area contributed by atoms with Gasteiger partial charge in [-0.05, 0) is 49.6 Å². The van der Waals surface area contributed by atoms with E-state index in [-0.39, 0.29) is 17.0 Å². The highest BCUT2D eigenvalue weighted by molar-refractivity contribution is 7.17. The number of nitro groups is 1. The molecule has 1 saturated heterocycles. The normalized spacial score (nSPS) is 15.9. The highest BCUT2D eigenvalue weighted by Crippen LogP contribution is 2.24. The molecular formula is C19H24N3O4S+. The number of carbonyl (C=O) groups excluding carboxylic acids is 1. The van der Waals surface area contributed by atoms with E-state index >= 15 is 0 Å². The van der Waals surface area contributed by atoms with E-state index in [1.165, 1.54) is 36.3 Å². The van der Waals surface area contributed by atoms with E-state index < -0.39 is 4.92 Å². The molecular weight excluding hydrogens is 366 g/mol. The molecule has 2 N–H and O–H groups in total. The number of hydrogen-bond acceptors (Lipinski definition) is 5. The molecule has 0 bridgehead atoms. The highest BCUT2D eigenvalue weighted by Gasteiger charge is 2.27. The van der Waals surface area contributed by atoms with Crippen molar-refractivity contribution in [3.63, 3.8) is 0 Å². The van der Waals surface area contributed by atoms with Crippen LogP contribution in [0.5, 0.6) is 5.75 Å². The first kappa shape index (κ1) is 19.3. The van der Waals surface area contributed by atoms with Gasteiger partial charge in [0, 0.05) is 11.6 Å². The van der Waals surface area contributed by atoms with Crippen molar-refractivity contribution in [1.82, 2.24) is 5.32 Å². The Morgan fingerprint density at radius 3 is 2.52 bits per heavy atom. The number of methoxy groups -OCH3 is 1. The molecule has 144 valence electrons. The maximum Gasteiger partial charge on any atom is 0.324 e. The van der Waals surface area contributed by atoms with Crippen molar-refractivity contribution in [2.75, 3.05) is 26.7 Å². The lowest BCUT2D eigenvalue weighted by molar-refractivity contribution is -0.935. The third-order valence-corrected chi connectivity index (χ3v) is 6.00. The summed E-state index contributed by atoms with van der Waals surface area (Å²) in [5.74, 6) is 0.545. The molecule has 0 unspecified atom stereocenters. The molecule has 1 aromatic carbocycles. The van der Waals surface area contributed by atoms with Crippen molar-refractivity contribution in [1.29, 1.82) is 0 Å². The van der Waals surface area contributed by atoms with Gasteiger partial charge in [-0.15, -0.1) is 0 Å². The van der Waals surface area contributed by atoms with Crippen LogP contribution in [0, 0.1) is 10.1 Å². The minimum absolute atomic E-state index is 0.0199. The van der Waals surface area contributed by atoms with Crippen LogP contribution in [-0.4, -0.2) is 37.6 Å². The van der Waals surface area contributed by atoms with Gasteiger partial charge in [-0.25, -0.2) is 0 Å². The van der Waals surface area contributed by atoms with E-state index in [1.807, 2.05) is 24.3 Å². The zero-order chi connectivity index (χ0) is 19.2. The topological polar surface area (TPSA) is 85.9 Å². The summed E-state index contributed by atoms with van der Waals surface area (Å²) in [6, 6.07) is 11.0. The first-order valence-corrected chi connectivity index (χ1v) is 9.91. The van der Waals surface area contributed by atoms with Crippen molar-refractivity contribution in [2.45, 2.75) is 25.3 Å². The van der Waals surface area contributed by atoms with Crippen LogP contribution in [0.25, 0.3) is 0 Å². The van der Waals surface area contributed by atoms with Gasteiger partial charge >= 0.3 is 5.00 Å². The summed E-state index contributed by atoms with van der Waals surface area (Å²) in [4.78, 5) is 24.6. The molecule has 1 fully saturated rings. The lowest BCUT2D eigenvalue weighted by Gasteiger charge is -2.32. The molecule has 1 amide bonds. The molecule has 7 nitrogen and oxygen atoms in total. The summed E-state index contributed by atoms with van der Waals surface area (Å²) in [6.45, 7) is 2.65. The van der Waals surface area contributed by atoms with Crippen molar-refractivity contribution < 1.29 is 19.4 Å². The monoisotopic (exact) mass is 390 g/mol. The zero-order valence-electron chi connectivity index (χ0n) is 15.3. The van der Waals surface area contributed by atoms with Crippen molar-refractivity contribution in [2.24, 2.45) is 0 Å². The maximum atomic E-state index is 12.4. The van der Waals surface area contributed by atoms with Crippen LogP contribution in [0.4, 0.5) is 5.00 Å². The zero-order valence-corrected chi connectivity index (χ0v) is 16.1. The van der Waals surface area contributed by atoms with Crippen LogP contribution in [0.3, 0.4) is 0 Å². The third kappa shape index (κ3) is 4.84. The Hall–Kier alpha value is -2.45. The Morgan fingerprint density at radius 1 is 1.22 bits per heavy atom. The Bertz CT molecular complexity index is 785. The fourth-order valence-electron chi connectivity index (χ4n) is 3.52. The second-order valence-electron chi connectivity index (χ2n) is 6.65. The standard InChI is InChI=1S/C19H23N3O4S/c1-26-15-7-5-14(6-8-15)16(21-11-3-2-4-12-21)13-20-19(23)17-9-10-18(27-17)22(24)25/h5-10,16H,2-4,11-13H2,1H3,(H,20,23)/p+1/t16-/m0/s1. The van der Waals surface area contributed by atoms with Gasteiger partial charge in [0.15, 0.2) is 0 Å². The summed E-state index contributed by atoms with van der Waals surface area (Å²) in [6.07, 6.45) is 3.63. The van der Waals surface area contributed by atoms with E-state index in [0.29, 0.717) is 11.4 Å². The van der Waals surface area contributed by atoms with Gasteiger partial charge in [-0.2, -0.15) is 0 Å². The Kier molecular flexibility index (Phi) is 6.41. The number of nitrogens with zero attached hydrogens (tertiary/aromatic N) is 1. The number of nitrogens with one attached hydrogen (secondary N) is 2. The first-order chi connectivity index (χ1) is 13.1. The molecule has 3 rings (SSSR count). The number of hydrogen-bond donors (Lipinski definition) is 2. The fraction of sp³-hybridized carbons (Fsp3) is 0.421. The fourth-order valence-corrected chi connectivity index (χ4v) is 4.26. The molecule has 0 spiro atoms. The molecule has 0 radical (unpaired) electrons. The van der Waals surface area contributed by atoms with Crippen molar-refractivity contribution in [3.05, 3.63) is 57.0 Å². The number of thiophene rings is 1. The minimum Gasteiger partial charge on any atom is -0.497 e. The average molecular weight is 390 g/mol. The van der Waals surface area contributed by atoms with Crippen LogP contribution < -0.4 is 15.0 Å². The molecule has 1 aliphatic rings. The molecule has 1 atom stereocenters. The van der Waals surface area contributed by atoms with Crippen LogP contribution in [0.1, 0.15) is 40.5 Å². The lowest BCUT2D eigenvalue weighted by Crippen LogP contribution is -3.13. The van der Waals surface area contributed by atoms with Gasteiger partial charge in [-0.1, -0.05) is 11.3 Å². The molecule has 8 heteroatoms. The number of quaternary nitrogens is 1.